The maximum atomic E-state index is 11.0. The van der Waals surface area contributed by atoms with Crippen LogP contribution in [0.5, 0.6) is 0 Å². The van der Waals surface area contributed by atoms with E-state index in [1.54, 1.807) is 0 Å². The zero-order chi connectivity index (χ0) is 11.0. The lowest BCUT2D eigenvalue weighted by Crippen LogP contribution is -2.41. The third kappa shape index (κ3) is 1.69. The van der Waals surface area contributed by atoms with Crippen LogP contribution in [0, 0.1) is 6.92 Å². The molecule has 0 amide bonds. The molecule has 0 aromatic heterocycles. The third-order valence-corrected chi connectivity index (χ3v) is 3.06. The fourth-order valence-electron chi connectivity index (χ4n) is 2.16. The number of benzene rings is 1. The highest BCUT2D eigenvalue weighted by molar-refractivity contribution is 5.79. The Labute approximate surface area is 89.3 Å². The second-order valence-corrected chi connectivity index (χ2v) is 4.14. The zero-order valence-electron chi connectivity index (χ0n) is 9.03. The fourth-order valence-corrected chi connectivity index (χ4v) is 2.16. The van der Waals surface area contributed by atoms with Crippen molar-refractivity contribution in [3.63, 3.8) is 0 Å². The first-order valence-corrected chi connectivity index (χ1v) is 5.15. The fraction of sp³-hybridized carbons (Fsp3) is 0.417. The second kappa shape index (κ2) is 3.57. The number of rotatable bonds is 1. The van der Waals surface area contributed by atoms with Gasteiger partial charge in [0.2, 0.25) is 0 Å². The Bertz CT molecular complexity index is 401. The lowest BCUT2D eigenvalue weighted by Gasteiger charge is -2.33. The van der Waals surface area contributed by atoms with Gasteiger partial charge in [0.25, 0.3) is 0 Å². The standard InChI is InChI=1S/C12H15NO2/c1-8-3-4-9-5-6-10(12(14)15)13(2)11(9)7-8/h3-4,7,10H,5-6H2,1-2H3,(H,14,15). The summed E-state index contributed by atoms with van der Waals surface area (Å²) < 4.78 is 0. The highest BCUT2D eigenvalue weighted by Crippen LogP contribution is 2.30. The number of carbonyl (C=O) groups is 1. The van der Waals surface area contributed by atoms with Gasteiger partial charge in [-0.15, -0.1) is 0 Å². The predicted molar refractivity (Wildman–Crippen MR) is 59.3 cm³/mol. The second-order valence-electron chi connectivity index (χ2n) is 4.14. The van der Waals surface area contributed by atoms with E-state index in [1.165, 1.54) is 11.1 Å². The Morgan fingerprint density at radius 2 is 2.27 bits per heavy atom. The Balaban J connectivity index is 2.40. The van der Waals surface area contributed by atoms with E-state index in [9.17, 15) is 4.79 Å². The summed E-state index contributed by atoms with van der Waals surface area (Å²) in [5.74, 6) is -0.732. The molecule has 1 aromatic carbocycles. The van der Waals surface area contributed by atoms with E-state index in [1.807, 2.05) is 18.9 Å². The molecule has 0 fully saturated rings. The van der Waals surface area contributed by atoms with Crippen LogP contribution < -0.4 is 4.90 Å². The first-order valence-electron chi connectivity index (χ1n) is 5.15. The summed E-state index contributed by atoms with van der Waals surface area (Å²) in [5, 5.41) is 9.06. The molecule has 1 aliphatic rings. The number of aliphatic carboxylic acids is 1. The van der Waals surface area contributed by atoms with E-state index >= 15 is 0 Å². The van der Waals surface area contributed by atoms with Gasteiger partial charge in [-0.1, -0.05) is 12.1 Å². The van der Waals surface area contributed by atoms with Crippen molar-refractivity contribution in [2.75, 3.05) is 11.9 Å². The minimum atomic E-state index is -0.732. The third-order valence-electron chi connectivity index (χ3n) is 3.06. The number of nitrogens with zero attached hydrogens (tertiary/aromatic N) is 1. The Hall–Kier alpha value is -1.51. The van der Waals surface area contributed by atoms with E-state index in [-0.39, 0.29) is 6.04 Å². The molecule has 1 atom stereocenters. The number of fused-ring (bicyclic) bond motifs is 1. The molecule has 0 spiro atoms. The number of anilines is 1. The molecule has 3 heteroatoms. The Kier molecular flexibility index (Phi) is 2.39. The quantitative estimate of drug-likeness (QED) is 0.760. The van der Waals surface area contributed by atoms with Gasteiger partial charge in [-0.3, -0.25) is 0 Å². The number of likely N-dealkylation sites (N-methyl/N-ethyl adjacent to an activating group) is 1. The Morgan fingerprint density at radius 3 is 2.93 bits per heavy atom. The SMILES string of the molecule is Cc1ccc2c(c1)N(C)C(C(=O)O)CC2. The van der Waals surface area contributed by atoms with Gasteiger partial charge >= 0.3 is 5.97 Å². The van der Waals surface area contributed by atoms with Crippen LogP contribution in [0.4, 0.5) is 5.69 Å². The molecule has 3 nitrogen and oxygen atoms in total. The molecule has 0 saturated heterocycles. The van der Waals surface area contributed by atoms with Crippen molar-refractivity contribution in [3.05, 3.63) is 29.3 Å². The number of hydrogen-bond acceptors (Lipinski definition) is 2. The van der Waals surface area contributed by atoms with E-state index in [0.717, 1.165) is 12.1 Å². The summed E-state index contributed by atoms with van der Waals surface area (Å²) in [7, 11) is 1.86. The minimum absolute atomic E-state index is 0.376. The maximum Gasteiger partial charge on any atom is 0.326 e. The monoisotopic (exact) mass is 205 g/mol. The normalized spacial score (nSPS) is 19.9. The van der Waals surface area contributed by atoms with Crippen LogP contribution in [-0.2, 0) is 11.2 Å². The lowest BCUT2D eigenvalue weighted by molar-refractivity contribution is -0.138. The molecular weight excluding hydrogens is 190 g/mol. The van der Waals surface area contributed by atoms with Crippen molar-refractivity contribution in [2.24, 2.45) is 0 Å². The van der Waals surface area contributed by atoms with Gasteiger partial charge in [0.05, 0.1) is 0 Å². The molecule has 0 bridgehead atoms. The van der Waals surface area contributed by atoms with Crippen LogP contribution >= 0.6 is 0 Å². The number of aryl methyl sites for hydroxylation is 2. The van der Waals surface area contributed by atoms with Crippen molar-refractivity contribution in [3.8, 4) is 0 Å². The summed E-state index contributed by atoms with van der Waals surface area (Å²) in [6, 6.07) is 5.86. The van der Waals surface area contributed by atoms with Crippen LogP contribution in [0.15, 0.2) is 18.2 Å². The highest BCUT2D eigenvalue weighted by Gasteiger charge is 2.28. The minimum Gasteiger partial charge on any atom is -0.480 e. The summed E-state index contributed by atoms with van der Waals surface area (Å²) in [6.07, 6.45) is 1.55. The molecule has 1 unspecified atom stereocenters. The number of carboxylic acids is 1. The van der Waals surface area contributed by atoms with E-state index in [2.05, 4.69) is 18.2 Å². The average molecular weight is 205 g/mol. The van der Waals surface area contributed by atoms with Crippen molar-refractivity contribution >= 4 is 11.7 Å². The average Bonchev–Trinajstić information content (AvgIpc) is 2.19. The summed E-state index contributed by atoms with van der Waals surface area (Å²) in [4.78, 5) is 12.9. The first-order chi connectivity index (χ1) is 7.09. The molecule has 1 heterocycles. The molecule has 80 valence electrons. The van der Waals surface area contributed by atoms with Gasteiger partial charge in [0, 0.05) is 12.7 Å². The number of hydrogen-bond donors (Lipinski definition) is 1. The van der Waals surface area contributed by atoms with Crippen molar-refractivity contribution < 1.29 is 9.90 Å². The molecule has 1 aliphatic heterocycles. The smallest absolute Gasteiger partial charge is 0.326 e. The molecule has 0 saturated carbocycles. The van der Waals surface area contributed by atoms with Crippen LogP contribution in [0.3, 0.4) is 0 Å². The lowest BCUT2D eigenvalue weighted by atomic mass is 9.95. The van der Waals surface area contributed by atoms with Gasteiger partial charge in [0.15, 0.2) is 0 Å². The summed E-state index contributed by atoms with van der Waals surface area (Å²) in [5.41, 5.74) is 3.49. The largest absolute Gasteiger partial charge is 0.480 e. The van der Waals surface area contributed by atoms with E-state index in [0.29, 0.717) is 6.42 Å². The van der Waals surface area contributed by atoms with Gasteiger partial charge in [-0.2, -0.15) is 0 Å². The van der Waals surface area contributed by atoms with Crippen LogP contribution in [0.1, 0.15) is 17.5 Å². The van der Waals surface area contributed by atoms with Crippen LogP contribution in [-0.4, -0.2) is 24.2 Å². The van der Waals surface area contributed by atoms with Gasteiger partial charge in [0.1, 0.15) is 6.04 Å². The van der Waals surface area contributed by atoms with Crippen molar-refractivity contribution in [1.82, 2.24) is 0 Å². The van der Waals surface area contributed by atoms with E-state index < -0.39 is 5.97 Å². The maximum absolute atomic E-state index is 11.0. The summed E-state index contributed by atoms with van der Waals surface area (Å²) >= 11 is 0. The molecule has 1 aromatic rings. The van der Waals surface area contributed by atoms with Gasteiger partial charge in [-0.25, -0.2) is 4.79 Å². The molecule has 1 N–H and O–H groups in total. The van der Waals surface area contributed by atoms with Crippen molar-refractivity contribution in [2.45, 2.75) is 25.8 Å². The van der Waals surface area contributed by atoms with Crippen molar-refractivity contribution in [1.29, 1.82) is 0 Å². The molecule has 2 rings (SSSR count). The predicted octanol–water partition coefficient (Wildman–Crippen LogP) is 1.83. The molecule has 0 aliphatic carbocycles. The van der Waals surface area contributed by atoms with Crippen LogP contribution in [0.2, 0.25) is 0 Å². The molecular formula is C12H15NO2. The first kappa shape index (κ1) is 10.0. The summed E-state index contributed by atoms with van der Waals surface area (Å²) in [6.45, 7) is 2.03. The van der Waals surface area contributed by atoms with Gasteiger partial charge in [-0.05, 0) is 37.0 Å². The molecule has 0 radical (unpaired) electrons. The molecule has 15 heavy (non-hydrogen) atoms. The Morgan fingerprint density at radius 1 is 1.53 bits per heavy atom. The zero-order valence-corrected chi connectivity index (χ0v) is 9.03. The highest BCUT2D eigenvalue weighted by atomic mass is 16.4. The van der Waals surface area contributed by atoms with Gasteiger partial charge < -0.3 is 10.0 Å². The van der Waals surface area contributed by atoms with Crippen LogP contribution in [0.25, 0.3) is 0 Å². The van der Waals surface area contributed by atoms with E-state index in [4.69, 9.17) is 5.11 Å². The number of carboxylic acid groups (broad SMARTS) is 1. The topological polar surface area (TPSA) is 40.5 Å².